The predicted molar refractivity (Wildman–Crippen MR) is 105 cm³/mol. The highest BCUT2D eigenvalue weighted by Gasteiger charge is 2.26. The zero-order valence-corrected chi connectivity index (χ0v) is 16.5. The second kappa shape index (κ2) is 8.41. The van der Waals surface area contributed by atoms with Gasteiger partial charge in [0, 0.05) is 11.4 Å². The molecular weight excluding hydrogens is 384 g/mol. The Morgan fingerprint density at radius 2 is 1.68 bits per heavy atom. The second-order valence-electron chi connectivity index (χ2n) is 6.70. The Hall–Kier alpha value is -2.91. The molecule has 9 heteroatoms. The summed E-state index contributed by atoms with van der Waals surface area (Å²) in [5.74, 6) is -0.995. The number of hydrogen-bond donors (Lipinski definition) is 3. The van der Waals surface area contributed by atoms with Crippen LogP contribution in [0.2, 0.25) is 0 Å². The van der Waals surface area contributed by atoms with Crippen molar-refractivity contribution in [1.82, 2.24) is 0 Å². The van der Waals surface area contributed by atoms with Crippen LogP contribution >= 0.6 is 0 Å². The van der Waals surface area contributed by atoms with Gasteiger partial charge in [-0.15, -0.1) is 0 Å². The van der Waals surface area contributed by atoms with E-state index in [4.69, 9.17) is 0 Å². The van der Waals surface area contributed by atoms with E-state index in [0.717, 1.165) is 0 Å². The van der Waals surface area contributed by atoms with Gasteiger partial charge in [0.2, 0.25) is 5.91 Å². The normalized spacial score (nSPS) is 11.6. The number of rotatable bonds is 7. The first kappa shape index (κ1) is 21.4. The molecule has 0 aliphatic rings. The van der Waals surface area contributed by atoms with Gasteiger partial charge < -0.3 is 15.2 Å². The van der Waals surface area contributed by atoms with E-state index in [9.17, 15) is 23.1 Å². The zero-order chi connectivity index (χ0) is 20.9. The number of carbonyl (C=O) groups excluding carboxylic acids is 2. The monoisotopic (exact) mass is 406 g/mol. The summed E-state index contributed by atoms with van der Waals surface area (Å²) in [7, 11) is -2.71. The smallest absolute Gasteiger partial charge is 0.337 e. The Morgan fingerprint density at radius 3 is 2.25 bits per heavy atom. The van der Waals surface area contributed by atoms with E-state index < -0.39 is 21.4 Å². The number of anilines is 2. The summed E-state index contributed by atoms with van der Waals surface area (Å²) in [6.45, 7) is 2.90. The highest BCUT2D eigenvalue weighted by molar-refractivity contribution is 7.92. The Morgan fingerprint density at radius 1 is 1.07 bits per heavy atom. The first-order chi connectivity index (χ1) is 13.1. The number of ether oxygens (including phenoxy) is 1. The molecule has 0 aromatic heterocycles. The molecule has 0 bridgehead atoms. The van der Waals surface area contributed by atoms with Crippen molar-refractivity contribution in [3.63, 3.8) is 0 Å². The molecule has 0 saturated heterocycles. The van der Waals surface area contributed by atoms with E-state index in [0.29, 0.717) is 5.69 Å². The van der Waals surface area contributed by atoms with Crippen LogP contribution in [0.15, 0.2) is 53.4 Å². The van der Waals surface area contributed by atoms with Gasteiger partial charge in [0.1, 0.15) is 0 Å². The van der Waals surface area contributed by atoms with Crippen LogP contribution in [0.1, 0.15) is 24.2 Å². The minimum Gasteiger partial charge on any atom is -0.465 e. The molecule has 0 fully saturated rings. The summed E-state index contributed by atoms with van der Waals surface area (Å²) in [4.78, 5) is 23.6. The highest BCUT2D eigenvalue weighted by Crippen LogP contribution is 2.21. The third-order valence-corrected chi connectivity index (χ3v) is 5.35. The van der Waals surface area contributed by atoms with Crippen molar-refractivity contribution >= 4 is 33.3 Å². The van der Waals surface area contributed by atoms with Crippen molar-refractivity contribution in [2.45, 2.75) is 18.7 Å². The van der Waals surface area contributed by atoms with Crippen molar-refractivity contribution in [2.75, 3.05) is 23.8 Å². The average Bonchev–Trinajstić information content (AvgIpc) is 2.68. The maximum Gasteiger partial charge on any atom is 0.337 e. The molecule has 0 aliphatic heterocycles. The molecule has 150 valence electrons. The number of hydrogen-bond acceptors (Lipinski definition) is 6. The van der Waals surface area contributed by atoms with Crippen LogP contribution in [0.3, 0.4) is 0 Å². The molecule has 3 N–H and O–H groups in total. The van der Waals surface area contributed by atoms with E-state index in [2.05, 4.69) is 14.8 Å². The number of benzene rings is 2. The molecule has 0 saturated carbocycles. The van der Waals surface area contributed by atoms with Gasteiger partial charge in [0.05, 0.1) is 29.6 Å². The lowest BCUT2D eigenvalue weighted by atomic mass is 9.93. The third kappa shape index (κ3) is 5.08. The molecule has 0 spiro atoms. The Balaban J connectivity index is 2.15. The van der Waals surface area contributed by atoms with E-state index in [1.807, 2.05) is 0 Å². The molecule has 28 heavy (non-hydrogen) atoms. The Labute approximate surface area is 163 Å². The number of amides is 1. The highest BCUT2D eigenvalue weighted by atomic mass is 32.2. The molecule has 0 heterocycles. The summed E-state index contributed by atoms with van der Waals surface area (Å²) in [5, 5.41) is 11.9. The standard InChI is InChI=1S/C19H22N2O6S/c1-19(2,12-22)18(24)20-14-7-9-15(10-8-14)21-28(25,26)16-6-4-5-13(11-16)17(23)27-3/h4-11,21-22H,12H2,1-3H3,(H,20,24). The van der Waals surface area contributed by atoms with Gasteiger partial charge in [0.25, 0.3) is 10.0 Å². The van der Waals surface area contributed by atoms with Crippen molar-refractivity contribution < 1.29 is 27.9 Å². The molecule has 0 atom stereocenters. The molecule has 2 rings (SSSR count). The summed E-state index contributed by atoms with van der Waals surface area (Å²) in [6.07, 6.45) is 0. The largest absolute Gasteiger partial charge is 0.465 e. The number of sulfonamides is 1. The van der Waals surface area contributed by atoms with Crippen LogP contribution in [-0.2, 0) is 19.6 Å². The van der Waals surface area contributed by atoms with Crippen LogP contribution < -0.4 is 10.0 Å². The van der Waals surface area contributed by atoms with Crippen molar-refractivity contribution in [3.05, 3.63) is 54.1 Å². The quantitative estimate of drug-likeness (QED) is 0.606. The Kier molecular flexibility index (Phi) is 6.42. The molecular formula is C19H22N2O6S. The minimum absolute atomic E-state index is 0.0857. The zero-order valence-electron chi connectivity index (χ0n) is 15.7. The molecule has 2 aromatic rings. The molecule has 8 nitrogen and oxygen atoms in total. The lowest BCUT2D eigenvalue weighted by Crippen LogP contribution is -2.33. The van der Waals surface area contributed by atoms with E-state index >= 15 is 0 Å². The minimum atomic E-state index is -3.92. The molecule has 0 aliphatic carbocycles. The first-order valence-electron chi connectivity index (χ1n) is 8.32. The SMILES string of the molecule is COC(=O)c1cccc(S(=O)(=O)Nc2ccc(NC(=O)C(C)(C)CO)cc2)c1. The summed E-state index contributed by atoms with van der Waals surface area (Å²) >= 11 is 0. The fraction of sp³-hybridized carbons (Fsp3) is 0.263. The van der Waals surface area contributed by atoms with Crippen LogP contribution in [-0.4, -0.2) is 39.1 Å². The van der Waals surface area contributed by atoms with Crippen LogP contribution in [0.4, 0.5) is 11.4 Å². The maximum atomic E-state index is 12.5. The summed E-state index contributed by atoms with van der Waals surface area (Å²) in [6, 6.07) is 11.5. The van der Waals surface area contributed by atoms with Crippen LogP contribution in [0.5, 0.6) is 0 Å². The van der Waals surface area contributed by atoms with Gasteiger partial charge in [0.15, 0.2) is 0 Å². The lowest BCUT2D eigenvalue weighted by Gasteiger charge is -2.20. The summed E-state index contributed by atoms with van der Waals surface area (Å²) < 4.78 is 32.1. The van der Waals surface area contributed by atoms with Gasteiger partial charge in [-0.25, -0.2) is 13.2 Å². The fourth-order valence-electron chi connectivity index (χ4n) is 2.12. The first-order valence-corrected chi connectivity index (χ1v) is 9.81. The van der Waals surface area contributed by atoms with Gasteiger partial charge in [-0.1, -0.05) is 6.07 Å². The topological polar surface area (TPSA) is 122 Å². The number of esters is 1. The van der Waals surface area contributed by atoms with Gasteiger partial charge in [-0.2, -0.15) is 0 Å². The van der Waals surface area contributed by atoms with Gasteiger partial charge in [-0.3, -0.25) is 9.52 Å². The third-order valence-electron chi connectivity index (χ3n) is 3.97. The predicted octanol–water partition coefficient (Wildman–Crippen LogP) is 2.23. The lowest BCUT2D eigenvalue weighted by molar-refractivity contribution is -0.125. The molecule has 0 unspecified atom stereocenters. The summed E-state index contributed by atoms with van der Waals surface area (Å²) in [5.41, 5.74) is -0.0785. The number of aliphatic hydroxyl groups is 1. The van der Waals surface area contributed by atoms with Gasteiger partial charge in [-0.05, 0) is 56.3 Å². The van der Waals surface area contributed by atoms with E-state index in [-0.39, 0.29) is 28.7 Å². The van der Waals surface area contributed by atoms with E-state index in [1.54, 1.807) is 13.8 Å². The van der Waals surface area contributed by atoms with Crippen LogP contribution in [0, 0.1) is 5.41 Å². The molecule has 2 aromatic carbocycles. The number of methoxy groups -OCH3 is 1. The second-order valence-corrected chi connectivity index (χ2v) is 8.38. The Bertz CT molecular complexity index is 968. The average molecular weight is 406 g/mol. The van der Waals surface area contributed by atoms with Crippen molar-refractivity contribution in [1.29, 1.82) is 0 Å². The van der Waals surface area contributed by atoms with Crippen molar-refractivity contribution in [2.24, 2.45) is 5.41 Å². The van der Waals surface area contributed by atoms with E-state index in [1.165, 1.54) is 55.6 Å². The number of carbonyl (C=O) groups is 2. The van der Waals surface area contributed by atoms with Crippen LogP contribution in [0.25, 0.3) is 0 Å². The fourth-order valence-corrected chi connectivity index (χ4v) is 3.22. The number of nitrogens with one attached hydrogen (secondary N) is 2. The molecule has 1 amide bonds. The number of aliphatic hydroxyl groups excluding tert-OH is 1. The van der Waals surface area contributed by atoms with Crippen molar-refractivity contribution in [3.8, 4) is 0 Å². The van der Waals surface area contributed by atoms with Gasteiger partial charge >= 0.3 is 5.97 Å². The molecule has 0 radical (unpaired) electrons. The maximum absolute atomic E-state index is 12.5.